The Hall–Kier alpha value is -2.47. The number of likely N-dealkylation sites (tertiary alicyclic amines) is 1. The Bertz CT molecular complexity index is 676. The van der Waals surface area contributed by atoms with E-state index in [0.29, 0.717) is 19.0 Å². The summed E-state index contributed by atoms with van der Waals surface area (Å²) in [5.41, 5.74) is 1.91. The van der Waals surface area contributed by atoms with E-state index in [1.54, 1.807) is 4.90 Å². The summed E-state index contributed by atoms with van der Waals surface area (Å²) in [6.45, 7) is 3.72. The molecule has 1 aromatic heterocycles. The van der Waals surface area contributed by atoms with Gasteiger partial charge in [0, 0.05) is 12.6 Å². The highest BCUT2D eigenvalue weighted by Crippen LogP contribution is 2.16. The molecule has 1 saturated heterocycles. The van der Waals surface area contributed by atoms with E-state index in [9.17, 15) is 4.79 Å². The van der Waals surface area contributed by atoms with E-state index in [1.807, 2.05) is 49.4 Å². The van der Waals surface area contributed by atoms with Crippen molar-refractivity contribution in [3.63, 3.8) is 0 Å². The number of benzene rings is 1. The maximum atomic E-state index is 12.3. The Balaban J connectivity index is 1.45. The van der Waals surface area contributed by atoms with Crippen molar-refractivity contribution in [1.29, 1.82) is 0 Å². The van der Waals surface area contributed by atoms with Gasteiger partial charge in [-0.25, -0.2) is 0 Å². The predicted octanol–water partition coefficient (Wildman–Crippen LogP) is 2.37. The average Bonchev–Trinajstić information content (AvgIpc) is 2.65. The number of amides is 1. The summed E-state index contributed by atoms with van der Waals surface area (Å²) < 4.78 is 11.4. The highest BCUT2D eigenvalue weighted by molar-refractivity contribution is 5.77. The number of hydrogen-bond acceptors (Lipinski definition) is 5. The van der Waals surface area contributed by atoms with Crippen LogP contribution in [0.2, 0.25) is 0 Å². The van der Waals surface area contributed by atoms with Gasteiger partial charge in [0.2, 0.25) is 11.8 Å². The maximum absolute atomic E-state index is 12.3. The van der Waals surface area contributed by atoms with Crippen LogP contribution >= 0.6 is 0 Å². The molecule has 0 unspecified atom stereocenters. The van der Waals surface area contributed by atoms with Crippen LogP contribution in [-0.4, -0.2) is 46.8 Å². The summed E-state index contributed by atoms with van der Waals surface area (Å²) in [7, 11) is 0. The number of rotatable bonds is 6. The van der Waals surface area contributed by atoms with Crippen LogP contribution in [0.25, 0.3) is 0 Å². The lowest BCUT2D eigenvalue weighted by molar-refractivity contribution is -0.139. The molecule has 0 spiro atoms. The molecule has 0 radical (unpaired) electrons. The number of ether oxygens (including phenoxy) is 2. The molecule has 0 aliphatic carbocycles. The lowest BCUT2D eigenvalue weighted by Crippen LogP contribution is -2.45. The third-order valence-corrected chi connectivity index (χ3v) is 4.13. The zero-order valence-electron chi connectivity index (χ0n) is 14.4. The number of aromatic nitrogens is 2. The van der Waals surface area contributed by atoms with Crippen molar-refractivity contribution in [3.8, 4) is 5.88 Å². The van der Waals surface area contributed by atoms with E-state index >= 15 is 0 Å². The van der Waals surface area contributed by atoms with Gasteiger partial charge in [0.15, 0.2) is 0 Å². The first-order valence-electron chi connectivity index (χ1n) is 8.57. The van der Waals surface area contributed by atoms with E-state index in [4.69, 9.17) is 9.47 Å². The molecule has 1 atom stereocenters. The van der Waals surface area contributed by atoms with Gasteiger partial charge in [0.05, 0.1) is 18.8 Å². The van der Waals surface area contributed by atoms with Gasteiger partial charge in [-0.2, -0.15) is 5.10 Å². The molecule has 2 heterocycles. The highest BCUT2D eigenvalue weighted by atomic mass is 16.5. The molecule has 1 aromatic carbocycles. The normalized spacial score (nSPS) is 17.3. The molecule has 6 nitrogen and oxygen atoms in total. The molecular weight excluding hydrogens is 318 g/mol. The first kappa shape index (κ1) is 17.4. The van der Waals surface area contributed by atoms with Crippen LogP contribution in [0.4, 0.5) is 0 Å². The van der Waals surface area contributed by atoms with Gasteiger partial charge in [0.25, 0.3) is 0 Å². The maximum Gasteiger partial charge on any atom is 0.248 e. The number of piperidine rings is 1. The van der Waals surface area contributed by atoms with Gasteiger partial charge < -0.3 is 14.4 Å². The first-order chi connectivity index (χ1) is 12.2. The smallest absolute Gasteiger partial charge is 0.248 e. The van der Waals surface area contributed by atoms with Gasteiger partial charge in [-0.15, -0.1) is 5.10 Å². The SMILES string of the molecule is Cc1ccc(O[C@@H]2CCCN(C(=O)COCc3ccccc3)C2)nn1. The summed E-state index contributed by atoms with van der Waals surface area (Å²) in [5.74, 6) is 0.504. The predicted molar refractivity (Wildman–Crippen MR) is 93.1 cm³/mol. The van der Waals surface area contributed by atoms with Crippen molar-refractivity contribution in [1.82, 2.24) is 15.1 Å². The molecule has 25 heavy (non-hydrogen) atoms. The second-order valence-corrected chi connectivity index (χ2v) is 6.21. The minimum absolute atomic E-state index is 0.000721. The molecule has 132 valence electrons. The summed E-state index contributed by atoms with van der Waals surface area (Å²) in [4.78, 5) is 14.2. The zero-order chi connectivity index (χ0) is 17.5. The van der Waals surface area contributed by atoms with E-state index in [2.05, 4.69) is 10.2 Å². The standard InChI is InChI=1S/C19H23N3O3/c1-15-9-10-18(21-20-15)25-17-8-5-11-22(12-17)19(23)14-24-13-16-6-3-2-4-7-16/h2-4,6-7,9-10,17H,5,8,11-14H2,1H3/t17-/m1/s1. The quantitative estimate of drug-likeness (QED) is 0.807. The Morgan fingerprint density at radius 2 is 2.04 bits per heavy atom. The number of carbonyl (C=O) groups is 1. The molecule has 6 heteroatoms. The van der Waals surface area contributed by atoms with Crippen molar-refractivity contribution in [2.45, 2.75) is 32.5 Å². The fraction of sp³-hybridized carbons (Fsp3) is 0.421. The van der Waals surface area contributed by atoms with Gasteiger partial charge in [0.1, 0.15) is 12.7 Å². The summed E-state index contributed by atoms with van der Waals surface area (Å²) in [6, 6.07) is 13.5. The van der Waals surface area contributed by atoms with Crippen LogP contribution in [0.5, 0.6) is 5.88 Å². The van der Waals surface area contributed by atoms with Crippen LogP contribution in [-0.2, 0) is 16.1 Å². The monoisotopic (exact) mass is 341 g/mol. The molecule has 2 aromatic rings. The van der Waals surface area contributed by atoms with Gasteiger partial charge in [-0.05, 0) is 31.4 Å². The van der Waals surface area contributed by atoms with E-state index in [1.165, 1.54) is 0 Å². The number of aryl methyl sites for hydroxylation is 1. The van der Waals surface area contributed by atoms with E-state index in [0.717, 1.165) is 30.6 Å². The molecule has 0 saturated carbocycles. The Kier molecular flexibility index (Phi) is 5.95. The van der Waals surface area contributed by atoms with Crippen LogP contribution in [0, 0.1) is 6.92 Å². The van der Waals surface area contributed by atoms with Crippen molar-refractivity contribution < 1.29 is 14.3 Å². The molecule has 1 aliphatic rings. The molecule has 0 bridgehead atoms. The summed E-state index contributed by atoms with van der Waals surface area (Å²) >= 11 is 0. The van der Waals surface area contributed by atoms with Gasteiger partial charge in [-0.1, -0.05) is 30.3 Å². The second kappa shape index (κ2) is 8.58. The molecule has 3 rings (SSSR count). The Morgan fingerprint density at radius 3 is 2.80 bits per heavy atom. The molecule has 1 aliphatic heterocycles. The molecule has 0 N–H and O–H groups in total. The Morgan fingerprint density at radius 1 is 1.20 bits per heavy atom. The van der Waals surface area contributed by atoms with Gasteiger partial charge >= 0.3 is 0 Å². The van der Waals surface area contributed by atoms with Crippen molar-refractivity contribution in [2.75, 3.05) is 19.7 Å². The second-order valence-electron chi connectivity index (χ2n) is 6.21. The lowest BCUT2D eigenvalue weighted by atomic mass is 10.1. The average molecular weight is 341 g/mol. The minimum atomic E-state index is -0.0520. The third kappa shape index (κ3) is 5.26. The van der Waals surface area contributed by atoms with Crippen molar-refractivity contribution >= 4 is 5.91 Å². The molecule has 1 amide bonds. The summed E-state index contributed by atoms with van der Waals surface area (Å²) in [5, 5.41) is 8.02. The fourth-order valence-corrected chi connectivity index (χ4v) is 2.80. The van der Waals surface area contributed by atoms with Crippen molar-refractivity contribution in [2.24, 2.45) is 0 Å². The van der Waals surface area contributed by atoms with Crippen LogP contribution < -0.4 is 4.74 Å². The topological polar surface area (TPSA) is 64.5 Å². The number of hydrogen-bond donors (Lipinski definition) is 0. The van der Waals surface area contributed by atoms with E-state index in [-0.39, 0.29) is 18.6 Å². The highest BCUT2D eigenvalue weighted by Gasteiger charge is 2.25. The van der Waals surface area contributed by atoms with E-state index < -0.39 is 0 Å². The minimum Gasteiger partial charge on any atom is -0.471 e. The third-order valence-electron chi connectivity index (χ3n) is 4.13. The van der Waals surface area contributed by atoms with Gasteiger partial charge in [-0.3, -0.25) is 4.79 Å². The fourth-order valence-electron chi connectivity index (χ4n) is 2.80. The van der Waals surface area contributed by atoms with Crippen molar-refractivity contribution in [3.05, 3.63) is 53.7 Å². The van der Waals surface area contributed by atoms with Crippen LogP contribution in [0.3, 0.4) is 0 Å². The first-order valence-corrected chi connectivity index (χ1v) is 8.57. The van der Waals surface area contributed by atoms with Crippen LogP contribution in [0.1, 0.15) is 24.1 Å². The Labute approximate surface area is 147 Å². The zero-order valence-corrected chi connectivity index (χ0v) is 14.4. The largest absolute Gasteiger partial charge is 0.471 e. The van der Waals surface area contributed by atoms with Crippen LogP contribution in [0.15, 0.2) is 42.5 Å². The molecule has 1 fully saturated rings. The lowest BCUT2D eigenvalue weighted by Gasteiger charge is -2.32. The number of carbonyl (C=O) groups excluding carboxylic acids is 1. The molecular formula is C19H23N3O3. The number of nitrogens with zero attached hydrogens (tertiary/aromatic N) is 3. The summed E-state index contributed by atoms with van der Waals surface area (Å²) in [6.07, 6.45) is 1.77.